The van der Waals surface area contributed by atoms with Crippen LogP contribution in [0.15, 0.2) is 18.2 Å². The average Bonchev–Trinajstić information content (AvgIpc) is 2.33. The molecule has 0 aromatic heterocycles. The Morgan fingerprint density at radius 3 is 2.59 bits per heavy atom. The average molecular weight is 235 g/mol. The molecule has 0 saturated heterocycles. The summed E-state index contributed by atoms with van der Waals surface area (Å²) in [5.41, 5.74) is 8.22. The number of aliphatic hydroxyl groups is 1. The summed E-state index contributed by atoms with van der Waals surface area (Å²) < 4.78 is 0. The Labute approximate surface area is 102 Å². The minimum atomic E-state index is -0.494. The predicted molar refractivity (Wildman–Crippen MR) is 68.1 cm³/mol. The number of rotatable bonds is 2. The van der Waals surface area contributed by atoms with Gasteiger partial charge in [0.1, 0.15) is 5.75 Å². The fraction of sp³-hybridized carbons (Fsp3) is 0.571. The standard InChI is InChI=1S/C14H21NO2/c1-3-14(4-2)11-8-10(16)6-5-9(11)7-12(17)13(14)15/h5-6,8,12-13,16-17H,3-4,7,15H2,1-2H3/t12-,13+/m1/s1. The van der Waals surface area contributed by atoms with Gasteiger partial charge in [0.25, 0.3) is 0 Å². The molecule has 0 bridgehead atoms. The molecule has 0 aliphatic heterocycles. The molecule has 0 fully saturated rings. The molecular formula is C14H21NO2. The van der Waals surface area contributed by atoms with E-state index < -0.39 is 6.10 Å². The predicted octanol–water partition coefficient (Wildman–Crippen LogP) is 1.69. The van der Waals surface area contributed by atoms with Crippen molar-refractivity contribution >= 4 is 0 Å². The third kappa shape index (κ3) is 1.74. The molecular weight excluding hydrogens is 214 g/mol. The van der Waals surface area contributed by atoms with Crippen molar-refractivity contribution in [1.82, 2.24) is 0 Å². The van der Waals surface area contributed by atoms with Gasteiger partial charge in [-0.2, -0.15) is 0 Å². The molecule has 1 aromatic rings. The maximum atomic E-state index is 10.1. The Morgan fingerprint density at radius 2 is 2.00 bits per heavy atom. The lowest BCUT2D eigenvalue weighted by Gasteiger charge is -2.45. The molecule has 0 spiro atoms. The zero-order chi connectivity index (χ0) is 12.6. The van der Waals surface area contributed by atoms with Gasteiger partial charge in [-0.3, -0.25) is 0 Å². The molecule has 1 aromatic carbocycles. The number of fused-ring (bicyclic) bond motifs is 1. The van der Waals surface area contributed by atoms with Gasteiger partial charge < -0.3 is 15.9 Å². The first kappa shape index (κ1) is 12.4. The summed E-state index contributed by atoms with van der Waals surface area (Å²) in [5, 5.41) is 19.8. The van der Waals surface area contributed by atoms with Crippen LogP contribution in [-0.4, -0.2) is 22.4 Å². The molecule has 1 aliphatic rings. The minimum Gasteiger partial charge on any atom is -0.508 e. The molecule has 1 aliphatic carbocycles. The van der Waals surface area contributed by atoms with Crippen LogP contribution in [0.5, 0.6) is 5.75 Å². The quantitative estimate of drug-likeness (QED) is 0.731. The topological polar surface area (TPSA) is 66.5 Å². The van der Waals surface area contributed by atoms with Crippen LogP contribution in [0, 0.1) is 0 Å². The molecule has 2 atom stereocenters. The van der Waals surface area contributed by atoms with Crippen molar-refractivity contribution < 1.29 is 10.2 Å². The molecule has 0 saturated carbocycles. The smallest absolute Gasteiger partial charge is 0.115 e. The molecule has 0 radical (unpaired) electrons. The minimum absolute atomic E-state index is 0.217. The Morgan fingerprint density at radius 1 is 1.35 bits per heavy atom. The molecule has 94 valence electrons. The second-order valence-electron chi connectivity index (χ2n) is 5.00. The lowest BCUT2D eigenvalue weighted by Crippen LogP contribution is -2.56. The molecule has 2 rings (SSSR count). The van der Waals surface area contributed by atoms with Gasteiger partial charge in [-0.25, -0.2) is 0 Å². The van der Waals surface area contributed by atoms with Gasteiger partial charge in [0.05, 0.1) is 6.10 Å². The van der Waals surface area contributed by atoms with Crippen LogP contribution in [0.1, 0.15) is 37.8 Å². The molecule has 17 heavy (non-hydrogen) atoms. The van der Waals surface area contributed by atoms with Crippen molar-refractivity contribution in [3.05, 3.63) is 29.3 Å². The van der Waals surface area contributed by atoms with Crippen LogP contribution in [-0.2, 0) is 11.8 Å². The monoisotopic (exact) mass is 235 g/mol. The summed E-state index contributed by atoms with van der Waals surface area (Å²) in [6.45, 7) is 4.18. The van der Waals surface area contributed by atoms with Crippen LogP contribution in [0.3, 0.4) is 0 Å². The highest BCUT2D eigenvalue weighted by atomic mass is 16.3. The number of benzene rings is 1. The molecule has 3 heteroatoms. The van der Waals surface area contributed by atoms with Crippen LogP contribution in [0.4, 0.5) is 0 Å². The Bertz CT molecular complexity index is 413. The van der Waals surface area contributed by atoms with Gasteiger partial charge in [-0.1, -0.05) is 19.9 Å². The van der Waals surface area contributed by atoms with E-state index in [0.29, 0.717) is 6.42 Å². The zero-order valence-corrected chi connectivity index (χ0v) is 10.5. The van der Waals surface area contributed by atoms with Crippen LogP contribution in [0.2, 0.25) is 0 Å². The lowest BCUT2D eigenvalue weighted by molar-refractivity contribution is 0.0851. The number of hydrogen-bond acceptors (Lipinski definition) is 3. The number of aliphatic hydroxyl groups excluding tert-OH is 1. The Balaban J connectivity index is 2.62. The van der Waals surface area contributed by atoms with E-state index in [4.69, 9.17) is 5.73 Å². The van der Waals surface area contributed by atoms with E-state index in [2.05, 4.69) is 13.8 Å². The molecule has 0 unspecified atom stereocenters. The molecule has 3 nitrogen and oxygen atoms in total. The first-order chi connectivity index (χ1) is 8.05. The van der Waals surface area contributed by atoms with E-state index in [1.165, 1.54) is 0 Å². The third-order valence-electron chi connectivity index (χ3n) is 4.37. The summed E-state index contributed by atoms with van der Waals surface area (Å²) in [6.07, 6.45) is 1.83. The summed E-state index contributed by atoms with van der Waals surface area (Å²) in [6, 6.07) is 5.14. The zero-order valence-electron chi connectivity index (χ0n) is 10.5. The Hall–Kier alpha value is -1.06. The molecule has 0 amide bonds. The van der Waals surface area contributed by atoms with Gasteiger partial charge in [-0.05, 0) is 36.1 Å². The summed E-state index contributed by atoms with van der Waals surface area (Å²) in [7, 11) is 0. The summed E-state index contributed by atoms with van der Waals surface area (Å²) in [5.74, 6) is 0.276. The van der Waals surface area contributed by atoms with Gasteiger partial charge in [-0.15, -0.1) is 0 Å². The summed E-state index contributed by atoms with van der Waals surface area (Å²) in [4.78, 5) is 0. The van der Waals surface area contributed by atoms with Crippen LogP contribution >= 0.6 is 0 Å². The highest BCUT2D eigenvalue weighted by Gasteiger charge is 2.44. The first-order valence-corrected chi connectivity index (χ1v) is 6.31. The second-order valence-corrected chi connectivity index (χ2v) is 5.00. The molecule has 0 heterocycles. The van der Waals surface area contributed by atoms with E-state index in [-0.39, 0.29) is 17.2 Å². The van der Waals surface area contributed by atoms with E-state index in [1.54, 1.807) is 6.07 Å². The van der Waals surface area contributed by atoms with Crippen molar-refractivity contribution in [2.24, 2.45) is 5.73 Å². The SMILES string of the molecule is CCC1(CC)c2cc(O)ccc2C[C@@H](O)[C@@H]1N. The maximum Gasteiger partial charge on any atom is 0.115 e. The number of aromatic hydroxyl groups is 1. The number of phenols is 1. The first-order valence-electron chi connectivity index (χ1n) is 6.31. The largest absolute Gasteiger partial charge is 0.508 e. The number of phenolic OH excluding ortho intramolecular Hbond substituents is 1. The fourth-order valence-corrected chi connectivity index (χ4v) is 3.21. The number of hydrogen-bond donors (Lipinski definition) is 3. The lowest BCUT2D eigenvalue weighted by atomic mass is 9.63. The molecule has 4 N–H and O–H groups in total. The van der Waals surface area contributed by atoms with Gasteiger partial charge in [0.2, 0.25) is 0 Å². The number of nitrogens with two attached hydrogens (primary N) is 1. The van der Waals surface area contributed by atoms with Gasteiger partial charge >= 0.3 is 0 Å². The van der Waals surface area contributed by atoms with Crippen LogP contribution < -0.4 is 5.73 Å². The normalized spacial score (nSPS) is 26.6. The van der Waals surface area contributed by atoms with Crippen molar-refractivity contribution in [2.45, 2.75) is 50.7 Å². The summed E-state index contributed by atoms with van der Waals surface area (Å²) >= 11 is 0. The van der Waals surface area contributed by atoms with E-state index in [9.17, 15) is 10.2 Å². The Kier molecular flexibility index (Phi) is 3.15. The van der Waals surface area contributed by atoms with Crippen molar-refractivity contribution in [3.8, 4) is 5.75 Å². The van der Waals surface area contributed by atoms with Crippen molar-refractivity contribution in [2.75, 3.05) is 0 Å². The van der Waals surface area contributed by atoms with Gasteiger partial charge in [0.15, 0.2) is 0 Å². The highest BCUT2D eigenvalue weighted by Crippen LogP contribution is 2.43. The fourth-order valence-electron chi connectivity index (χ4n) is 3.21. The maximum absolute atomic E-state index is 10.1. The van der Waals surface area contributed by atoms with E-state index in [0.717, 1.165) is 24.0 Å². The highest BCUT2D eigenvalue weighted by molar-refractivity contribution is 5.44. The van der Waals surface area contributed by atoms with Crippen LogP contribution in [0.25, 0.3) is 0 Å². The van der Waals surface area contributed by atoms with E-state index in [1.807, 2.05) is 12.1 Å². The van der Waals surface area contributed by atoms with Crippen molar-refractivity contribution in [3.63, 3.8) is 0 Å². The van der Waals surface area contributed by atoms with Gasteiger partial charge in [0, 0.05) is 17.9 Å². The second kappa shape index (κ2) is 4.31. The van der Waals surface area contributed by atoms with E-state index >= 15 is 0 Å². The third-order valence-corrected chi connectivity index (χ3v) is 4.37. The van der Waals surface area contributed by atoms with Crippen molar-refractivity contribution in [1.29, 1.82) is 0 Å².